The van der Waals surface area contributed by atoms with Crippen molar-refractivity contribution in [2.24, 2.45) is 0 Å². The van der Waals surface area contributed by atoms with Crippen LogP contribution < -0.4 is 14.8 Å². The van der Waals surface area contributed by atoms with Gasteiger partial charge >= 0.3 is 6.03 Å². The standard InChI is InChI=1S/C15H15N5O4S3/c1-8-6-12(24-3)18-14(16-8)19-15(21)20-27(22,23)13-10(4-5-25-13)11-7-26-9(2)17-11/h4-7H,1-3H3,(H2,16,18,19,20,21). The monoisotopic (exact) mass is 425 g/mol. The van der Waals surface area contributed by atoms with Crippen LogP contribution in [0.3, 0.4) is 0 Å². The van der Waals surface area contributed by atoms with E-state index in [4.69, 9.17) is 4.74 Å². The first-order chi connectivity index (χ1) is 12.8. The molecule has 2 N–H and O–H groups in total. The summed E-state index contributed by atoms with van der Waals surface area (Å²) in [6.45, 7) is 3.52. The molecule has 0 saturated carbocycles. The summed E-state index contributed by atoms with van der Waals surface area (Å²) >= 11 is 2.41. The fraction of sp³-hybridized carbons (Fsp3) is 0.200. The molecule has 0 radical (unpaired) electrons. The lowest BCUT2D eigenvalue weighted by molar-refractivity contribution is 0.256. The number of rotatable bonds is 5. The van der Waals surface area contributed by atoms with Gasteiger partial charge in [0.2, 0.25) is 11.8 Å². The molecular formula is C15H15N5O4S3. The summed E-state index contributed by atoms with van der Waals surface area (Å²) in [6, 6.07) is 2.25. The summed E-state index contributed by atoms with van der Waals surface area (Å²) in [5, 5.41) is 6.51. The second kappa shape index (κ2) is 7.58. The van der Waals surface area contributed by atoms with E-state index in [1.807, 2.05) is 11.6 Å². The summed E-state index contributed by atoms with van der Waals surface area (Å²) in [6.07, 6.45) is 0. The van der Waals surface area contributed by atoms with Crippen LogP contribution in [0, 0.1) is 13.8 Å². The minimum absolute atomic E-state index is 0.00527. The highest BCUT2D eigenvalue weighted by atomic mass is 32.2. The van der Waals surface area contributed by atoms with Gasteiger partial charge in [-0.3, -0.25) is 5.32 Å². The Hall–Kier alpha value is -2.57. The molecule has 0 aromatic carbocycles. The number of amides is 2. The number of nitrogens with zero attached hydrogens (tertiary/aromatic N) is 3. The number of nitrogens with one attached hydrogen (secondary N) is 2. The molecule has 3 aromatic rings. The molecule has 0 unspecified atom stereocenters. The number of aromatic nitrogens is 3. The van der Waals surface area contributed by atoms with Gasteiger partial charge in [-0.2, -0.15) is 4.98 Å². The molecule has 3 heterocycles. The van der Waals surface area contributed by atoms with Crippen molar-refractivity contribution >= 4 is 44.7 Å². The summed E-state index contributed by atoms with van der Waals surface area (Å²) in [5.74, 6) is 0.182. The first-order valence-corrected chi connectivity index (χ1v) is 10.8. The van der Waals surface area contributed by atoms with E-state index in [-0.39, 0.29) is 16.0 Å². The summed E-state index contributed by atoms with van der Waals surface area (Å²) in [7, 11) is -2.67. The van der Waals surface area contributed by atoms with Crippen molar-refractivity contribution in [2.45, 2.75) is 18.1 Å². The Balaban J connectivity index is 1.80. The highest BCUT2D eigenvalue weighted by Crippen LogP contribution is 2.32. The number of thiazole rings is 1. The molecule has 9 nitrogen and oxygen atoms in total. The molecule has 0 aliphatic rings. The maximum Gasteiger partial charge on any atom is 0.335 e. The third-order valence-corrected chi connectivity index (χ3v) is 6.85. The summed E-state index contributed by atoms with van der Waals surface area (Å²) in [5.41, 5.74) is 1.55. The molecule has 0 saturated heterocycles. The van der Waals surface area contributed by atoms with Gasteiger partial charge in [0.25, 0.3) is 10.0 Å². The van der Waals surface area contributed by atoms with Gasteiger partial charge in [0.15, 0.2) is 0 Å². The molecule has 3 aromatic heterocycles. The van der Waals surface area contributed by atoms with Gasteiger partial charge in [-0.25, -0.2) is 27.9 Å². The largest absolute Gasteiger partial charge is 0.481 e. The average molecular weight is 426 g/mol. The molecule has 0 spiro atoms. The number of methoxy groups -OCH3 is 1. The minimum atomic E-state index is -4.10. The topological polar surface area (TPSA) is 123 Å². The molecule has 3 rings (SSSR count). The van der Waals surface area contributed by atoms with Crippen molar-refractivity contribution in [2.75, 3.05) is 12.4 Å². The number of thiophene rings is 1. The third-order valence-electron chi connectivity index (χ3n) is 3.26. The van der Waals surface area contributed by atoms with Crippen molar-refractivity contribution < 1.29 is 17.9 Å². The Morgan fingerprint density at radius 1 is 1.19 bits per heavy atom. The lowest BCUT2D eigenvalue weighted by Crippen LogP contribution is -2.34. The first kappa shape index (κ1) is 19.2. The quantitative estimate of drug-likeness (QED) is 0.644. The first-order valence-electron chi connectivity index (χ1n) is 7.52. The van der Waals surface area contributed by atoms with E-state index in [2.05, 4.69) is 20.3 Å². The molecule has 0 aliphatic carbocycles. The van der Waals surface area contributed by atoms with Crippen molar-refractivity contribution in [3.63, 3.8) is 0 Å². The van der Waals surface area contributed by atoms with Gasteiger partial charge < -0.3 is 4.74 Å². The van der Waals surface area contributed by atoms with E-state index in [0.717, 1.165) is 16.3 Å². The Morgan fingerprint density at radius 3 is 2.63 bits per heavy atom. The summed E-state index contributed by atoms with van der Waals surface area (Å²) in [4.78, 5) is 24.4. The van der Waals surface area contributed by atoms with Crippen LogP contribution in [0.1, 0.15) is 10.7 Å². The zero-order valence-electron chi connectivity index (χ0n) is 14.5. The van der Waals surface area contributed by atoms with Crippen molar-refractivity contribution in [3.8, 4) is 17.1 Å². The predicted molar refractivity (Wildman–Crippen MR) is 103 cm³/mol. The molecule has 0 fully saturated rings. The fourth-order valence-corrected chi connectivity index (χ4v) is 5.06. The second-order valence-corrected chi connectivity index (χ2v) is 9.16. The average Bonchev–Trinajstić information content (AvgIpc) is 3.22. The van der Waals surface area contributed by atoms with Crippen molar-refractivity contribution in [1.29, 1.82) is 0 Å². The van der Waals surface area contributed by atoms with E-state index < -0.39 is 16.1 Å². The van der Waals surface area contributed by atoms with Crippen LogP contribution >= 0.6 is 22.7 Å². The fourth-order valence-electron chi connectivity index (χ4n) is 2.18. The summed E-state index contributed by atoms with van der Waals surface area (Å²) < 4.78 is 32.2. The molecule has 142 valence electrons. The zero-order valence-corrected chi connectivity index (χ0v) is 17.0. The third kappa shape index (κ3) is 4.40. The smallest absolute Gasteiger partial charge is 0.335 e. The minimum Gasteiger partial charge on any atom is -0.481 e. The maximum absolute atomic E-state index is 12.6. The van der Waals surface area contributed by atoms with Gasteiger partial charge in [-0.1, -0.05) is 0 Å². The van der Waals surface area contributed by atoms with Gasteiger partial charge in [-0.05, 0) is 25.3 Å². The van der Waals surface area contributed by atoms with Gasteiger partial charge in [0.05, 0.1) is 17.8 Å². The normalized spacial score (nSPS) is 11.2. The number of carbonyl (C=O) groups excluding carboxylic acids is 1. The van der Waals surface area contributed by atoms with E-state index in [0.29, 0.717) is 17.0 Å². The number of urea groups is 1. The zero-order chi connectivity index (χ0) is 19.6. The molecule has 0 bridgehead atoms. The molecule has 12 heteroatoms. The van der Waals surface area contributed by atoms with Crippen molar-refractivity contribution in [1.82, 2.24) is 19.7 Å². The lowest BCUT2D eigenvalue weighted by Gasteiger charge is -2.09. The van der Waals surface area contributed by atoms with Crippen molar-refractivity contribution in [3.05, 3.63) is 33.6 Å². The number of hydrogen-bond donors (Lipinski definition) is 2. The van der Waals surface area contributed by atoms with Crippen LogP contribution in [0.5, 0.6) is 5.88 Å². The number of anilines is 1. The Labute approximate surface area is 163 Å². The van der Waals surface area contributed by atoms with E-state index in [1.54, 1.807) is 29.8 Å². The Kier molecular flexibility index (Phi) is 5.39. The highest BCUT2D eigenvalue weighted by molar-refractivity contribution is 7.92. The van der Waals surface area contributed by atoms with Gasteiger partial charge in [0, 0.05) is 22.7 Å². The van der Waals surface area contributed by atoms with Crippen LogP contribution in [0.4, 0.5) is 10.7 Å². The number of hydrogen-bond acceptors (Lipinski definition) is 9. The molecule has 0 atom stereocenters. The highest BCUT2D eigenvalue weighted by Gasteiger charge is 2.25. The molecular weight excluding hydrogens is 410 g/mol. The van der Waals surface area contributed by atoms with E-state index in [1.165, 1.54) is 18.4 Å². The number of aryl methyl sites for hydroxylation is 2. The van der Waals surface area contributed by atoms with Crippen LogP contribution in [-0.4, -0.2) is 36.5 Å². The lowest BCUT2D eigenvalue weighted by atomic mass is 10.3. The van der Waals surface area contributed by atoms with Crippen LogP contribution in [-0.2, 0) is 10.0 Å². The van der Waals surface area contributed by atoms with E-state index >= 15 is 0 Å². The Bertz CT molecular complexity index is 1090. The van der Waals surface area contributed by atoms with Gasteiger partial charge in [-0.15, -0.1) is 22.7 Å². The van der Waals surface area contributed by atoms with Crippen LogP contribution in [0.2, 0.25) is 0 Å². The number of carbonyl (C=O) groups is 1. The molecule has 2 amide bonds. The number of sulfonamides is 1. The second-order valence-electron chi connectivity index (χ2n) is 5.31. The predicted octanol–water partition coefficient (Wildman–Crippen LogP) is 2.80. The maximum atomic E-state index is 12.6. The van der Waals surface area contributed by atoms with Crippen LogP contribution in [0.15, 0.2) is 27.1 Å². The molecule has 0 aliphatic heterocycles. The SMILES string of the molecule is COc1cc(C)nc(NC(=O)NS(=O)(=O)c2sccc2-c2csc(C)n2)n1. The Morgan fingerprint density at radius 2 is 1.96 bits per heavy atom. The van der Waals surface area contributed by atoms with Crippen LogP contribution in [0.25, 0.3) is 11.3 Å². The van der Waals surface area contributed by atoms with Gasteiger partial charge in [0.1, 0.15) is 4.21 Å². The number of ether oxygens (including phenoxy) is 1. The van der Waals surface area contributed by atoms with E-state index in [9.17, 15) is 13.2 Å². The molecule has 27 heavy (non-hydrogen) atoms.